The van der Waals surface area contributed by atoms with Crippen LogP contribution in [0.1, 0.15) is 77.4 Å². The van der Waals surface area contributed by atoms with E-state index in [1.54, 1.807) is 32.1 Å². The molecule has 1 aliphatic rings. The lowest BCUT2D eigenvalue weighted by Crippen LogP contribution is -2.45. The van der Waals surface area contributed by atoms with Crippen molar-refractivity contribution < 1.29 is 24.5 Å². The molecule has 184 valence electrons. The van der Waals surface area contributed by atoms with Gasteiger partial charge < -0.3 is 14.9 Å². The summed E-state index contributed by atoms with van der Waals surface area (Å²) in [5.41, 5.74) is 0.818. The Bertz CT molecular complexity index is 872. The standard InChI is InChI=1S/C26H39NO5S/c1-16-8-7-9-17(2)24(30)18(3)25(31)26(5,6)22(28)14-23(29)32-21(12-10-16)13-11-20-15-33-19(4)27-20/h10-11,13,15,17-18,21-22,24,28,30H,7-9,12,14H2,1-6H3/b13-11+,16-10-/t17-,18-,21+,22-,24+/m0/s1. The third-order valence-corrected chi connectivity index (χ3v) is 7.46. The zero-order valence-electron chi connectivity index (χ0n) is 20.7. The van der Waals surface area contributed by atoms with E-state index in [0.29, 0.717) is 6.42 Å². The van der Waals surface area contributed by atoms with Crippen LogP contribution in [0.15, 0.2) is 23.1 Å². The van der Waals surface area contributed by atoms with Gasteiger partial charge >= 0.3 is 5.97 Å². The number of ketones is 1. The Morgan fingerprint density at radius 1 is 1.21 bits per heavy atom. The molecule has 0 bridgehead atoms. The molecule has 2 heterocycles. The predicted molar refractivity (Wildman–Crippen MR) is 132 cm³/mol. The van der Waals surface area contributed by atoms with Gasteiger partial charge in [-0.15, -0.1) is 11.3 Å². The molecule has 1 aromatic heterocycles. The molecule has 0 spiro atoms. The van der Waals surface area contributed by atoms with E-state index < -0.39 is 35.6 Å². The summed E-state index contributed by atoms with van der Waals surface area (Å²) in [6, 6.07) is 0. The van der Waals surface area contributed by atoms with Gasteiger partial charge in [0.1, 0.15) is 11.9 Å². The van der Waals surface area contributed by atoms with Crippen molar-refractivity contribution in [3.63, 3.8) is 0 Å². The quantitative estimate of drug-likeness (QED) is 0.466. The first kappa shape index (κ1) is 27.4. The van der Waals surface area contributed by atoms with Crippen molar-refractivity contribution in [1.29, 1.82) is 0 Å². The lowest BCUT2D eigenvalue weighted by molar-refractivity contribution is -0.153. The van der Waals surface area contributed by atoms with E-state index in [0.717, 1.165) is 30.0 Å². The van der Waals surface area contributed by atoms with Crippen molar-refractivity contribution in [1.82, 2.24) is 4.98 Å². The summed E-state index contributed by atoms with van der Waals surface area (Å²) >= 11 is 1.55. The molecule has 2 N–H and O–H groups in total. The molecule has 0 unspecified atom stereocenters. The van der Waals surface area contributed by atoms with Gasteiger partial charge in [-0.05, 0) is 51.2 Å². The van der Waals surface area contributed by atoms with Crippen molar-refractivity contribution in [2.24, 2.45) is 17.3 Å². The summed E-state index contributed by atoms with van der Waals surface area (Å²) in [5, 5.41) is 24.4. The van der Waals surface area contributed by atoms with E-state index in [1.807, 2.05) is 31.4 Å². The number of aryl methyl sites for hydroxylation is 1. The Kier molecular flexibility index (Phi) is 10.0. The van der Waals surface area contributed by atoms with E-state index in [-0.39, 0.29) is 18.1 Å². The maximum absolute atomic E-state index is 13.1. The molecule has 0 fully saturated rings. The zero-order valence-corrected chi connectivity index (χ0v) is 21.5. The first-order chi connectivity index (χ1) is 15.4. The highest BCUT2D eigenvalue weighted by molar-refractivity contribution is 7.09. The van der Waals surface area contributed by atoms with Gasteiger partial charge in [-0.2, -0.15) is 0 Å². The van der Waals surface area contributed by atoms with Crippen LogP contribution in [0.5, 0.6) is 0 Å². The molecular weight excluding hydrogens is 438 g/mol. The average Bonchev–Trinajstić information content (AvgIpc) is 3.18. The van der Waals surface area contributed by atoms with Crippen LogP contribution in [0, 0.1) is 24.2 Å². The molecule has 1 aromatic rings. The van der Waals surface area contributed by atoms with Crippen molar-refractivity contribution in [3.8, 4) is 0 Å². The zero-order chi connectivity index (χ0) is 24.8. The second-order valence-corrected chi connectivity index (χ2v) is 11.0. The molecule has 0 saturated carbocycles. The Hall–Kier alpha value is -1.83. The number of carbonyl (C=O) groups is 2. The third-order valence-electron chi connectivity index (χ3n) is 6.67. The number of carbonyl (C=O) groups excluding carboxylic acids is 2. The number of hydrogen-bond acceptors (Lipinski definition) is 7. The largest absolute Gasteiger partial charge is 0.458 e. The second-order valence-electron chi connectivity index (χ2n) is 9.92. The lowest BCUT2D eigenvalue weighted by Gasteiger charge is -2.34. The Labute approximate surface area is 201 Å². The number of nitrogens with zero attached hydrogens (tertiary/aromatic N) is 1. The fourth-order valence-corrected chi connectivity index (χ4v) is 4.73. The summed E-state index contributed by atoms with van der Waals surface area (Å²) in [7, 11) is 0. The van der Waals surface area contributed by atoms with Gasteiger partial charge in [-0.1, -0.05) is 39.3 Å². The number of rotatable bonds is 2. The lowest BCUT2D eigenvalue weighted by atomic mass is 9.73. The maximum atomic E-state index is 13.1. The van der Waals surface area contributed by atoms with E-state index in [2.05, 4.69) is 18.0 Å². The number of cyclic esters (lactones) is 1. The van der Waals surface area contributed by atoms with Crippen LogP contribution < -0.4 is 0 Å². The summed E-state index contributed by atoms with van der Waals surface area (Å²) in [5.74, 6) is -1.49. The van der Waals surface area contributed by atoms with Crippen LogP contribution >= 0.6 is 11.3 Å². The number of hydrogen-bond donors (Lipinski definition) is 2. The molecule has 0 aliphatic carbocycles. The number of Topliss-reactive ketones (excluding diaryl/α,β-unsaturated/α-hetero) is 1. The molecule has 0 amide bonds. The van der Waals surface area contributed by atoms with Crippen LogP contribution in [-0.4, -0.2) is 45.3 Å². The maximum Gasteiger partial charge on any atom is 0.309 e. The molecule has 33 heavy (non-hydrogen) atoms. The molecule has 7 heteroatoms. The Balaban J connectivity index is 2.27. The van der Waals surface area contributed by atoms with Gasteiger partial charge in [0.05, 0.1) is 34.7 Å². The molecule has 0 saturated heterocycles. The minimum absolute atomic E-state index is 0.0418. The van der Waals surface area contributed by atoms with Gasteiger partial charge in [-0.25, -0.2) is 4.98 Å². The predicted octanol–water partition coefficient (Wildman–Crippen LogP) is 4.88. The van der Waals surface area contributed by atoms with E-state index in [9.17, 15) is 19.8 Å². The van der Waals surface area contributed by atoms with Gasteiger partial charge in [0.2, 0.25) is 0 Å². The van der Waals surface area contributed by atoms with Crippen LogP contribution in [0.3, 0.4) is 0 Å². The minimum atomic E-state index is -1.21. The van der Waals surface area contributed by atoms with Gasteiger partial charge in [0.25, 0.3) is 0 Å². The number of thiazole rings is 1. The Morgan fingerprint density at radius 3 is 2.55 bits per heavy atom. The number of allylic oxidation sites excluding steroid dienone is 1. The number of aliphatic hydroxyl groups excluding tert-OH is 2. The monoisotopic (exact) mass is 477 g/mol. The SMILES string of the molecule is C/C1=C/C[C@H](/C=C/c2csc(C)n2)OC(=O)C[C@H](O)C(C)(C)C(=O)[C@@H](C)[C@H](O)[C@@H](C)CCC1. The van der Waals surface area contributed by atoms with Gasteiger partial charge in [-0.3, -0.25) is 9.59 Å². The van der Waals surface area contributed by atoms with E-state index in [4.69, 9.17) is 4.74 Å². The number of aliphatic hydroxyl groups is 2. The smallest absolute Gasteiger partial charge is 0.309 e. The number of aromatic nitrogens is 1. The molecule has 5 atom stereocenters. The minimum Gasteiger partial charge on any atom is -0.458 e. The first-order valence-corrected chi connectivity index (χ1v) is 12.7. The molecule has 2 rings (SSSR count). The van der Waals surface area contributed by atoms with Crippen LogP contribution in [0.4, 0.5) is 0 Å². The molecule has 0 aromatic carbocycles. The normalized spacial score (nSPS) is 32.4. The highest BCUT2D eigenvalue weighted by atomic mass is 32.1. The number of ether oxygens (including phenoxy) is 1. The van der Waals surface area contributed by atoms with Crippen molar-refractivity contribution in [3.05, 3.63) is 33.8 Å². The van der Waals surface area contributed by atoms with Crippen LogP contribution in [0.2, 0.25) is 0 Å². The average molecular weight is 478 g/mol. The van der Waals surface area contributed by atoms with Crippen molar-refractivity contribution >= 4 is 29.2 Å². The fraction of sp³-hybridized carbons (Fsp3) is 0.654. The highest BCUT2D eigenvalue weighted by Crippen LogP contribution is 2.32. The summed E-state index contributed by atoms with van der Waals surface area (Å²) in [4.78, 5) is 30.2. The molecule has 0 radical (unpaired) electrons. The van der Waals surface area contributed by atoms with Crippen molar-refractivity contribution in [2.75, 3.05) is 0 Å². The second kappa shape index (κ2) is 12.0. The third kappa shape index (κ3) is 7.87. The Morgan fingerprint density at radius 2 is 1.91 bits per heavy atom. The van der Waals surface area contributed by atoms with E-state index in [1.165, 1.54) is 5.57 Å². The van der Waals surface area contributed by atoms with E-state index >= 15 is 0 Å². The first-order valence-electron chi connectivity index (χ1n) is 11.8. The van der Waals surface area contributed by atoms with Gasteiger partial charge in [0, 0.05) is 17.7 Å². The summed E-state index contributed by atoms with van der Waals surface area (Å²) in [6.45, 7) is 10.9. The van der Waals surface area contributed by atoms with Crippen LogP contribution in [-0.2, 0) is 14.3 Å². The highest BCUT2D eigenvalue weighted by Gasteiger charge is 2.42. The molecule has 1 aliphatic heterocycles. The molecular formula is C26H39NO5S. The topological polar surface area (TPSA) is 96.7 Å². The van der Waals surface area contributed by atoms with Crippen LogP contribution in [0.25, 0.3) is 6.08 Å². The van der Waals surface area contributed by atoms with Crippen molar-refractivity contribution in [2.45, 2.75) is 92.0 Å². The number of esters is 1. The fourth-order valence-electron chi connectivity index (χ4n) is 4.15. The van der Waals surface area contributed by atoms with Gasteiger partial charge in [0.15, 0.2) is 0 Å². The summed E-state index contributed by atoms with van der Waals surface area (Å²) < 4.78 is 5.68. The molecule has 6 nitrogen and oxygen atoms in total. The summed E-state index contributed by atoms with van der Waals surface area (Å²) in [6.07, 6.45) is 6.04.